The fourth-order valence-corrected chi connectivity index (χ4v) is 3.01. The zero-order chi connectivity index (χ0) is 15.0. The van der Waals surface area contributed by atoms with E-state index in [-0.39, 0.29) is 11.0 Å². The molecule has 1 aromatic rings. The van der Waals surface area contributed by atoms with E-state index in [1.54, 1.807) is 0 Å². The highest BCUT2D eigenvalue weighted by molar-refractivity contribution is 6.29. The number of hydrogen-bond donors (Lipinski definition) is 1. The highest BCUT2D eigenvalue weighted by Crippen LogP contribution is 2.33. The van der Waals surface area contributed by atoms with Crippen molar-refractivity contribution in [3.63, 3.8) is 0 Å². The van der Waals surface area contributed by atoms with Crippen molar-refractivity contribution in [1.82, 2.24) is 9.88 Å². The summed E-state index contributed by atoms with van der Waals surface area (Å²) >= 11 is 5.67. The first-order valence-corrected chi connectivity index (χ1v) is 7.52. The normalized spacial score (nSPS) is 23.5. The van der Waals surface area contributed by atoms with Crippen LogP contribution in [0.15, 0.2) is 12.1 Å². The first-order chi connectivity index (χ1) is 9.91. The molecule has 0 aromatic carbocycles. The molecule has 0 spiro atoms. The number of anilines is 1. The molecule has 3 rings (SSSR count). The van der Waals surface area contributed by atoms with Crippen molar-refractivity contribution < 1.29 is 13.2 Å². The Hall–Kier alpha value is -1.01. The van der Waals surface area contributed by atoms with Gasteiger partial charge in [-0.25, -0.2) is 4.98 Å². The van der Waals surface area contributed by atoms with Crippen molar-refractivity contribution in [1.29, 1.82) is 0 Å². The summed E-state index contributed by atoms with van der Waals surface area (Å²) in [7, 11) is 0. The van der Waals surface area contributed by atoms with Crippen molar-refractivity contribution in [3.05, 3.63) is 22.8 Å². The van der Waals surface area contributed by atoms with E-state index in [1.807, 2.05) is 0 Å². The van der Waals surface area contributed by atoms with Gasteiger partial charge in [0.05, 0.1) is 5.56 Å². The lowest BCUT2D eigenvalue weighted by Gasteiger charge is -2.16. The maximum Gasteiger partial charge on any atom is 0.416 e. The molecule has 1 saturated heterocycles. The molecule has 116 valence electrons. The minimum absolute atomic E-state index is 0.140. The number of pyridine rings is 1. The second-order valence-electron chi connectivity index (χ2n) is 5.82. The molecule has 1 saturated carbocycles. The summed E-state index contributed by atoms with van der Waals surface area (Å²) in [5, 5.41) is 2.86. The zero-order valence-corrected chi connectivity index (χ0v) is 12.2. The topological polar surface area (TPSA) is 28.2 Å². The van der Waals surface area contributed by atoms with E-state index in [1.165, 1.54) is 12.8 Å². The third kappa shape index (κ3) is 3.80. The molecule has 3 nitrogen and oxygen atoms in total. The Bertz CT molecular complexity index is 517. The summed E-state index contributed by atoms with van der Waals surface area (Å²) in [4.78, 5) is 6.39. The van der Waals surface area contributed by atoms with Gasteiger partial charge in [0.2, 0.25) is 0 Å². The summed E-state index contributed by atoms with van der Waals surface area (Å²) in [6, 6.07) is 2.60. The third-order valence-corrected chi connectivity index (χ3v) is 4.27. The van der Waals surface area contributed by atoms with Crippen molar-refractivity contribution >= 4 is 17.4 Å². The Balaban J connectivity index is 1.59. The molecule has 21 heavy (non-hydrogen) atoms. The first kappa shape index (κ1) is 14.9. The van der Waals surface area contributed by atoms with Gasteiger partial charge in [-0.1, -0.05) is 11.6 Å². The van der Waals surface area contributed by atoms with Gasteiger partial charge >= 0.3 is 6.18 Å². The second kappa shape index (κ2) is 5.65. The molecule has 1 aliphatic heterocycles. The predicted molar refractivity (Wildman–Crippen MR) is 75.4 cm³/mol. The Morgan fingerprint density at radius 2 is 2.05 bits per heavy atom. The largest absolute Gasteiger partial charge is 0.416 e. The third-order valence-electron chi connectivity index (χ3n) is 4.07. The average Bonchev–Trinajstić information content (AvgIpc) is 3.14. The maximum atomic E-state index is 12.7. The highest BCUT2D eigenvalue weighted by Gasteiger charge is 2.34. The monoisotopic (exact) mass is 319 g/mol. The molecule has 2 fully saturated rings. The van der Waals surface area contributed by atoms with Crippen LogP contribution in [-0.4, -0.2) is 35.6 Å². The van der Waals surface area contributed by atoms with Gasteiger partial charge in [-0.3, -0.25) is 0 Å². The molecule has 2 aliphatic rings. The van der Waals surface area contributed by atoms with Crippen molar-refractivity contribution in [2.75, 3.05) is 25.0 Å². The number of nitrogens with one attached hydrogen (secondary N) is 1. The van der Waals surface area contributed by atoms with Gasteiger partial charge in [-0.15, -0.1) is 0 Å². The maximum absolute atomic E-state index is 12.7. The Labute approximate surface area is 126 Å². The smallest absolute Gasteiger partial charge is 0.370 e. The number of nitrogens with zero attached hydrogens (tertiary/aromatic N) is 2. The summed E-state index contributed by atoms with van der Waals surface area (Å²) in [6.45, 7) is 2.74. The van der Waals surface area contributed by atoms with Gasteiger partial charge in [0.1, 0.15) is 11.0 Å². The molecule has 1 aromatic heterocycles. The molecule has 0 bridgehead atoms. The van der Waals surface area contributed by atoms with Gasteiger partial charge in [-0.2, -0.15) is 13.2 Å². The van der Waals surface area contributed by atoms with Crippen molar-refractivity contribution in [3.8, 4) is 0 Å². The number of alkyl halides is 3. The van der Waals surface area contributed by atoms with Crippen molar-refractivity contribution in [2.24, 2.45) is 5.92 Å². The Kier molecular flexibility index (Phi) is 4.01. The summed E-state index contributed by atoms with van der Waals surface area (Å²) in [5.74, 6) is 0.653. The van der Waals surface area contributed by atoms with Crippen LogP contribution in [0, 0.1) is 5.92 Å². The molecule has 1 unspecified atom stereocenters. The molecule has 1 atom stereocenters. The van der Waals surface area contributed by atoms with E-state index in [0.717, 1.165) is 37.7 Å². The molecule has 7 heteroatoms. The summed E-state index contributed by atoms with van der Waals surface area (Å²) < 4.78 is 38.1. The van der Waals surface area contributed by atoms with Crippen LogP contribution in [0.5, 0.6) is 0 Å². The molecule has 0 amide bonds. The lowest BCUT2D eigenvalue weighted by atomic mass is 10.1. The molecule has 0 radical (unpaired) electrons. The van der Waals surface area contributed by atoms with Gasteiger partial charge in [0, 0.05) is 19.1 Å². The van der Waals surface area contributed by atoms with E-state index in [0.29, 0.717) is 12.5 Å². The number of halogens is 4. The second-order valence-corrected chi connectivity index (χ2v) is 6.21. The average molecular weight is 320 g/mol. The van der Waals surface area contributed by atoms with E-state index in [4.69, 9.17) is 11.6 Å². The van der Waals surface area contributed by atoms with Gasteiger partial charge in [0.15, 0.2) is 0 Å². The van der Waals surface area contributed by atoms with Crippen LogP contribution in [0.2, 0.25) is 5.15 Å². The van der Waals surface area contributed by atoms with Gasteiger partial charge < -0.3 is 10.2 Å². The van der Waals surface area contributed by atoms with E-state index in [2.05, 4.69) is 15.2 Å². The van der Waals surface area contributed by atoms with Crippen LogP contribution < -0.4 is 5.32 Å². The summed E-state index contributed by atoms with van der Waals surface area (Å²) in [6.07, 6.45) is -0.759. The molecule has 1 aliphatic carbocycles. The standard InChI is InChI=1S/C14H17ClF3N3/c15-12-5-10(14(16,17)18)6-13(20-12)19-7-9-3-4-21(8-9)11-1-2-11/h5-6,9,11H,1-4,7-8H2,(H,19,20). The highest BCUT2D eigenvalue weighted by atomic mass is 35.5. The molecular weight excluding hydrogens is 303 g/mol. The van der Waals surface area contributed by atoms with Crippen LogP contribution in [0.1, 0.15) is 24.8 Å². The van der Waals surface area contributed by atoms with Gasteiger partial charge in [-0.05, 0) is 43.9 Å². The quantitative estimate of drug-likeness (QED) is 0.859. The fourth-order valence-electron chi connectivity index (χ4n) is 2.80. The Morgan fingerprint density at radius 1 is 1.29 bits per heavy atom. The molecule has 2 heterocycles. The molecule has 1 N–H and O–H groups in total. The van der Waals surface area contributed by atoms with Crippen LogP contribution in [0.4, 0.5) is 19.0 Å². The van der Waals surface area contributed by atoms with Gasteiger partial charge in [0.25, 0.3) is 0 Å². The van der Waals surface area contributed by atoms with Crippen molar-refractivity contribution in [2.45, 2.75) is 31.5 Å². The molecular formula is C14H17ClF3N3. The SMILES string of the molecule is FC(F)(F)c1cc(Cl)nc(NCC2CCN(C3CC3)C2)c1. The van der Waals surface area contributed by atoms with E-state index in [9.17, 15) is 13.2 Å². The minimum atomic E-state index is -4.40. The van der Waals surface area contributed by atoms with Crippen LogP contribution in [0.3, 0.4) is 0 Å². The van der Waals surface area contributed by atoms with Crippen LogP contribution >= 0.6 is 11.6 Å². The minimum Gasteiger partial charge on any atom is -0.370 e. The zero-order valence-electron chi connectivity index (χ0n) is 11.5. The van der Waals surface area contributed by atoms with Crippen LogP contribution in [-0.2, 0) is 6.18 Å². The van der Waals surface area contributed by atoms with E-state index < -0.39 is 11.7 Å². The number of aromatic nitrogens is 1. The predicted octanol–water partition coefficient (Wildman–Crippen LogP) is 3.65. The number of rotatable bonds is 4. The van der Waals surface area contributed by atoms with Crippen LogP contribution in [0.25, 0.3) is 0 Å². The van der Waals surface area contributed by atoms with E-state index >= 15 is 0 Å². The fraction of sp³-hybridized carbons (Fsp3) is 0.643. The number of likely N-dealkylation sites (tertiary alicyclic amines) is 1. The Morgan fingerprint density at radius 3 is 2.71 bits per heavy atom. The summed E-state index contributed by atoms with van der Waals surface area (Å²) in [5.41, 5.74) is -0.768. The number of hydrogen-bond acceptors (Lipinski definition) is 3. The lowest BCUT2D eigenvalue weighted by molar-refractivity contribution is -0.137. The first-order valence-electron chi connectivity index (χ1n) is 7.14. The lowest BCUT2D eigenvalue weighted by Crippen LogP contribution is -2.25.